The largest absolute Gasteiger partial charge is 0.491 e. The maximum atomic E-state index is 14.4. The van der Waals surface area contributed by atoms with E-state index < -0.39 is 15.8 Å². The van der Waals surface area contributed by atoms with Gasteiger partial charge < -0.3 is 14.4 Å². The molecule has 2 aromatic rings. The van der Waals surface area contributed by atoms with Crippen molar-refractivity contribution in [3.8, 4) is 5.75 Å². The first-order valence-electron chi connectivity index (χ1n) is 10.2. The molecular formula is C22H27FN2O5S. The highest BCUT2D eigenvalue weighted by molar-refractivity contribution is 7.89. The molecule has 1 aliphatic heterocycles. The minimum atomic E-state index is -3.65. The second-order valence-corrected chi connectivity index (χ2v) is 9.07. The lowest BCUT2D eigenvalue weighted by molar-refractivity contribution is 0.101. The smallest absolute Gasteiger partial charge is 0.243 e. The number of ether oxygens (including phenoxy) is 2. The van der Waals surface area contributed by atoms with Crippen molar-refractivity contribution in [3.63, 3.8) is 0 Å². The zero-order valence-electron chi connectivity index (χ0n) is 17.7. The summed E-state index contributed by atoms with van der Waals surface area (Å²) < 4.78 is 52.5. The predicted octanol–water partition coefficient (Wildman–Crippen LogP) is 2.95. The topological polar surface area (TPSA) is 76.2 Å². The van der Waals surface area contributed by atoms with E-state index >= 15 is 0 Å². The molecule has 1 fully saturated rings. The van der Waals surface area contributed by atoms with Crippen molar-refractivity contribution < 1.29 is 27.1 Å². The van der Waals surface area contributed by atoms with Crippen LogP contribution in [0.25, 0.3) is 0 Å². The van der Waals surface area contributed by atoms with Gasteiger partial charge in [0.2, 0.25) is 10.0 Å². The summed E-state index contributed by atoms with van der Waals surface area (Å²) in [6.45, 7) is 5.96. The number of piperazine rings is 1. The van der Waals surface area contributed by atoms with Gasteiger partial charge in [0.15, 0.2) is 5.78 Å². The number of carbonyl (C=O) groups is 1. The number of benzene rings is 2. The number of anilines is 1. The number of Topliss-reactive ketones (excluding diaryl/α,β-unsaturated/α-hetero) is 1. The molecule has 1 aliphatic rings. The Bertz CT molecular complexity index is 1000. The fraction of sp³-hybridized carbons (Fsp3) is 0.409. The molecule has 31 heavy (non-hydrogen) atoms. The van der Waals surface area contributed by atoms with Gasteiger partial charge >= 0.3 is 0 Å². The summed E-state index contributed by atoms with van der Waals surface area (Å²) in [6.07, 6.45) is 0. The summed E-state index contributed by atoms with van der Waals surface area (Å²) in [5, 5.41) is 0. The van der Waals surface area contributed by atoms with Crippen LogP contribution in [0.4, 0.5) is 10.1 Å². The zero-order valence-corrected chi connectivity index (χ0v) is 18.5. The van der Waals surface area contributed by atoms with Crippen molar-refractivity contribution in [2.45, 2.75) is 18.7 Å². The highest BCUT2D eigenvalue weighted by Gasteiger charge is 2.29. The molecule has 0 atom stereocenters. The van der Waals surface area contributed by atoms with Crippen LogP contribution < -0.4 is 9.64 Å². The van der Waals surface area contributed by atoms with Crippen molar-refractivity contribution >= 4 is 21.5 Å². The van der Waals surface area contributed by atoms with Gasteiger partial charge in [-0.25, -0.2) is 12.8 Å². The van der Waals surface area contributed by atoms with Crippen molar-refractivity contribution in [2.24, 2.45) is 0 Å². The first kappa shape index (κ1) is 23.2. The Morgan fingerprint density at radius 2 is 1.71 bits per heavy atom. The van der Waals surface area contributed by atoms with Crippen LogP contribution in [0, 0.1) is 5.82 Å². The molecule has 0 saturated carbocycles. The highest BCUT2D eigenvalue weighted by atomic mass is 32.2. The molecule has 0 N–H and O–H groups in total. The number of sulfonamides is 1. The average molecular weight is 451 g/mol. The Morgan fingerprint density at radius 1 is 1.03 bits per heavy atom. The van der Waals surface area contributed by atoms with Crippen LogP contribution in [0.3, 0.4) is 0 Å². The molecule has 3 rings (SSSR count). The summed E-state index contributed by atoms with van der Waals surface area (Å²) in [4.78, 5) is 13.4. The summed E-state index contributed by atoms with van der Waals surface area (Å²) in [5.74, 6) is -0.107. The third kappa shape index (κ3) is 5.61. The lowest BCUT2D eigenvalue weighted by atomic mass is 10.1. The summed E-state index contributed by atoms with van der Waals surface area (Å²) >= 11 is 0. The monoisotopic (exact) mass is 450 g/mol. The highest BCUT2D eigenvalue weighted by Crippen LogP contribution is 2.25. The van der Waals surface area contributed by atoms with Crippen LogP contribution in [0.15, 0.2) is 47.4 Å². The maximum Gasteiger partial charge on any atom is 0.243 e. The minimum absolute atomic E-state index is 0.190. The van der Waals surface area contributed by atoms with Gasteiger partial charge in [-0.15, -0.1) is 0 Å². The third-order valence-corrected chi connectivity index (χ3v) is 7.01. The second-order valence-electron chi connectivity index (χ2n) is 7.13. The second kappa shape index (κ2) is 10.2. The molecule has 0 bridgehead atoms. The molecule has 0 radical (unpaired) electrons. The van der Waals surface area contributed by atoms with Crippen molar-refractivity contribution in [1.82, 2.24) is 4.31 Å². The first-order chi connectivity index (χ1) is 14.8. The van der Waals surface area contributed by atoms with Crippen molar-refractivity contribution in [2.75, 3.05) is 50.9 Å². The van der Waals surface area contributed by atoms with Gasteiger partial charge in [0.25, 0.3) is 0 Å². The van der Waals surface area contributed by atoms with Gasteiger partial charge in [0, 0.05) is 38.3 Å². The molecule has 168 valence electrons. The Kier molecular flexibility index (Phi) is 7.64. The summed E-state index contributed by atoms with van der Waals surface area (Å²) in [5.41, 5.74) is 0.684. The van der Waals surface area contributed by atoms with E-state index in [0.717, 1.165) is 0 Å². The number of hydrogen-bond donors (Lipinski definition) is 0. The van der Waals surface area contributed by atoms with Gasteiger partial charge in [-0.2, -0.15) is 4.31 Å². The number of ketones is 1. The fourth-order valence-electron chi connectivity index (χ4n) is 3.37. The SMILES string of the molecule is CCOCCOc1ccc(S(=O)(=O)N2CCN(c3ccc(C(C)=O)cc3F)CC2)cc1. The fourth-order valence-corrected chi connectivity index (χ4v) is 4.79. The van der Waals surface area contributed by atoms with Gasteiger partial charge in [0.1, 0.15) is 18.2 Å². The van der Waals surface area contributed by atoms with Crippen LogP contribution in [0.1, 0.15) is 24.2 Å². The van der Waals surface area contributed by atoms with E-state index in [1.54, 1.807) is 29.2 Å². The van der Waals surface area contributed by atoms with E-state index in [0.29, 0.717) is 49.9 Å². The Balaban J connectivity index is 1.61. The average Bonchev–Trinajstić information content (AvgIpc) is 2.77. The van der Waals surface area contributed by atoms with E-state index in [2.05, 4.69) is 0 Å². The van der Waals surface area contributed by atoms with Gasteiger partial charge in [-0.1, -0.05) is 0 Å². The molecule has 7 nitrogen and oxygen atoms in total. The van der Waals surface area contributed by atoms with E-state index in [9.17, 15) is 17.6 Å². The molecule has 0 unspecified atom stereocenters. The zero-order chi connectivity index (χ0) is 22.4. The normalized spacial score (nSPS) is 15.1. The molecule has 0 aromatic heterocycles. The lowest BCUT2D eigenvalue weighted by Crippen LogP contribution is -2.48. The van der Waals surface area contributed by atoms with E-state index in [4.69, 9.17) is 9.47 Å². The molecule has 0 spiro atoms. The number of rotatable bonds is 9. The lowest BCUT2D eigenvalue weighted by Gasteiger charge is -2.35. The molecule has 2 aromatic carbocycles. The quantitative estimate of drug-likeness (QED) is 0.432. The molecule has 1 saturated heterocycles. The van der Waals surface area contributed by atoms with Gasteiger partial charge in [-0.05, 0) is 56.3 Å². The third-order valence-electron chi connectivity index (χ3n) is 5.10. The minimum Gasteiger partial charge on any atom is -0.491 e. The Morgan fingerprint density at radius 3 is 2.29 bits per heavy atom. The number of nitrogens with zero attached hydrogens (tertiary/aromatic N) is 2. The van der Waals surface area contributed by atoms with Crippen molar-refractivity contribution in [1.29, 1.82) is 0 Å². The molecule has 0 amide bonds. The van der Waals surface area contributed by atoms with Gasteiger partial charge in [-0.3, -0.25) is 4.79 Å². The summed E-state index contributed by atoms with van der Waals surface area (Å²) in [6, 6.07) is 10.7. The Labute approximate surface area is 182 Å². The standard InChI is InChI=1S/C22H27FN2O5S/c1-3-29-14-15-30-19-5-7-20(8-6-19)31(27,28)25-12-10-24(11-13-25)22-9-4-18(17(2)26)16-21(22)23/h4-9,16H,3,10-15H2,1-2H3. The molecule has 0 aliphatic carbocycles. The number of halogens is 1. The van der Waals surface area contributed by atoms with Crippen LogP contribution >= 0.6 is 0 Å². The number of carbonyl (C=O) groups excluding carboxylic acids is 1. The number of hydrogen-bond acceptors (Lipinski definition) is 6. The van der Waals surface area contributed by atoms with E-state index in [1.807, 2.05) is 6.92 Å². The van der Waals surface area contributed by atoms with Crippen molar-refractivity contribution in [3.05, 3.63) is 53.8 Å². The van der Waals surface area contributed by atoms with Crippen LogP contribution in [0.5, 0.6) is 5.75 Å². The van der Waals surface area contributed by atoms with Crippen LogP contribution in [0.2, 0.25) is 0 Å². The van der Waals surface area contributed by atoms with Crippen LogP contribution in [-0.2, 0) is 14.8 Å². The van der Waals surface area contributed by atoms with E-state index in [1.165, 1.54) is 29.4 Å². The predicted molar refractivity (Wildman–Crippen MR) is 116 cm³/mol. The molecular weight excluding hydrogens is 423 g/mol. The Hall–Kier alpha value is -2.49. The molecule has 9 heteroatoms. The van der Waals surface area contributed by atoms with Gasteiger partial charge in [0.05, 0.1) is 17.2 Å². The first-order valence-corrected chi connectivity index (χ1v) is 11.6. The molecule has 1 heterocycles. The maximum absolute atomic E-state index is 14.4. The summed E-state index contributed by atoms with van der Waals surface area (Å²) in [7, 11) is -3.65. The van der Waals surface area contributed by atoms with Crippen LogP contribution in [-0.4, -0.2) is 64.5 Å². The van der Waals surface area contributed by atoms with E-state index in [-0.39, 0.29) is 23.8 Å².